The van der Waals surface area contributed by atoms with Crippen molar-refractivity contribution in [3.8, 4) is 5.75 Å². The van der Waals surface area contributed by atoms with Crippen LogP contribution >= 0.6 is 0 Å². The second-order valence-electron chi connectivity index (χ2n) is 7.33. The lowest BCUT2D eigenvalue weighted by Crippen LogP contribution is -2.49. The van der Waals surface area contributed by atoms with Gasteiger partial charge >= 0.3 is 7.48 Å². The minimum atomic E-state index is -0.982. The van der Waals surface area contributed by atoms with Crippen LogP contribution in [0, 0.1) is 0 Å². The first-order valence-corrected chi connectivity index (χ1v) is 6.91. The van der Waals surface area contributed by atoms with E-state index in [0.717, 1.165) is 5.56 Å². The first kappa shape index (κ1) is 17.1. The van der Waals surface area contributed by atoms with Gasteiger partial charge < -0.3 is 14.9 Å². The monoisotopic (exact) mass is 277 g/mol. The standard InChI is InChI=1S/C16H26BO3/c1-14(2,3)11-8-9-12(13(18)10-11)17-20-16(6,7)15(4,5)19/h8-10,18-19H,1-7H3. The van der Waals surface area contributed by atoms with Crippen LogP contribution in [0.4, 0.5) is 0 Å². The molecule has 0 aliphatic carbocycles. The molecule has 1 aromatic carbocycles. The molecule has 0 saturated heterocycles. The van der Waals surface area contributed by atoms with Crippen LogP contribution in [-0.4, -0.2) is 28.9 Å². The van der Waals surface area contributed by atoms with Gasteiger partial charge in [0.2, 0.25) is 0 Å². The molecule has 0 saturated carbocycles. The zero-order valence-electron chi connectivity index (χ0n) is 13.6. The topological polar surface area (TPSA) is 49.7 Å². The van der Waals surface area contributed by atoms with Gasteiger partial charge in [-0.15, -0.1) is 0 Å². The predicted molar refractivity (Wildman–Crippen MR) is 83.7 cm³/mol. The number of phenols is 1. The van der Waals surface area contributed by atoms with Crippen LogP contribution in [0.3, 0.4) is 0 Å². The Balaban J connectivity index is 2.86. The fraction of sp³-hybridized carbons (Fsp3) is 0.625. The summed E-state index contributed by atoms with van der Waals surface area (Å²) in [7, 11) is 1.50. The molecule has 0 aromatic heterocycles. The molecule has 4 heteroatoms. The summed E-state index contributed by atoms with van der Waals surface area (Å²) in [5.41, 5.74) is -0.0697. The van der Waals surface area contributed by atoms with Gasteiger partial charge in [0.25, 0.3) is 0 Å². The second-order valence-corrected chi connectivity index (χ2v) is 7.33. The number of hydrogen-bond acceptors (Lipinski definition) is 3. The first-order chi connectivity index (χ1) is 8.84. The Morgan fingerprint density at radius 3 is 1.95 bits per heavy atom. The summed E-state index contributed by atoms with van der Waals surface area (Å²) in [6.45, 7) is 13.3. The van der Waals surface area contributed by atoms with Crippen molar-refractivity contribution in [2.75, 3.05) is 0 Å². The van der Waals surface area contributed by atoms with E-state index >= 15 is 0 Å². The lowest BCUT2D eigenvalue weighted by atomic mass is 9.79. The van der Waals surface area contributed by atoms with Crippen LogP contribution in [0.5, 0.6) is 5.75 Å². The summed E-state index contributed by atoms with van der Waals surface area (Å²) < 4.78 is 5.65. The normalized spacial score (nSPS) is 13.4. The molecule has 0 bridgehead atoms. The minimum Gasteiger partial charge on any atom is -0.508 e. The predicted octanol–water partition coefficient (Wildman–Crippen LogP) is 2.50. The molecule has 0 heterocycles. The highest BCUT2D eigenvalue weighted by atomic mass is 16.5. The third-order valence-corrected chi connectivity index (χ3v) is 3.85. The average molecular weight is 277 g/mol. The van der Waals surface area contributed by atoms with Crippen LogP contribution in [0.15, 0.2) is 18.2 Å². The highest BCUT2D eigenvalue weighted by Crippen LogP contribution is 2.26. The van der Waals surface area contributed by atoms with E-state index in [1.807, 2.05) is 26.0 Å². The number of phenolic OH excluding ortho intramolecular Hbond substituents is 1. The smallest absolute Gasteiger partial charge is 0.334 e. The van der Waals surface area contributed by atoms with Gasteiger partial charge in [-0.2, -0.15) is 0 Å². The van der Waals surface area contributed by atoms with Crippen molar-refractivity contribution < 1.29 is 14.9 Å². The summed E-state index contributed by atoms with van der Waals surface area (Å²) in [5, 5.41) is 20.1. The fourth-order valence-electron chi connectivity index (χ4n) is 1.46. The average Bonchev–Trinajstić information content (AvgIpc) is 2.24. The Bertz CT molecular complexity index is 468. The maximum atomic E-state index is 10.1. The van der Waals surface area contributed by atoms with Gasteiger partial charge in [-0.3, -0.25) is 0 Å². The molecular formula is C16H26BO3. The Kier molecular flexibility index (Phi) is 4.62. The molecule has 0 unspecified atom stereocenters. The number of aliphatic hydroxyl groups is 1. The van der Waals surface area contributed by atoms with Gasteiger partial charge in [0.15, 0.2) is 0 Å². The van der Waals surface area contributed by atoms with Gasteiger partial charge in [0.05, 0.1) is 11.2 Å². The lowest BCUT2D eigenvalue weighted by molar-refractivity contribution is -0.0893. The van der Waals surface area contributed by atoms with E-state index in [4.69, 9.17) is 4.65 Å². The van der Waals surface area contributed by atoms with Gasteiger partial charge in [0, 0.05) is 0 Å². The quantitative estimate of drug-likeness (QED) is 0.831. The molecule has 0 aliphatic rings. The molecule has 3 nitrogen and oxygen atoms in total. The third-order valence-electron chi connectivity index (χ3n) is 3.85. The molecule has 0 amide bonds. The van der Waals surface area contributed by atoms with Gasteiger partial charge in [-0.1, -0.05) is 32.9 Å². The second kappa shape index (κ2) is 5.42. The maximum Gasteiger partial charge on any atom is 0.334 e. The molecule has 1 rings (SSSR count). The van der Waals surface area contributed by atoms with E-state index < -0.39 is 11.2 Å². The Morgan fingerprint density at radius 2 is 1.55 bits per heavy atom. The van der Waals surface area contributed by atoms with Crippen LogP contribution in [0.1, 0.15) is 54.0 Å². The Labute approximate surface area is 123 Å². The summed E-state index contributed by atoms with van der Waals surface area (Å²) in [4.78, 5) is 0. The van der Waals surface area contributed by atoms with Crippen LogP contribution in [-0.2, 0) is 10.1 Å². The van der Waals surface area contributed by atoms with Crippen molar-refractivity contribution in [3.63, 3.8) is 0 Å². The van der Waals surface area contributed by atoms with Gasteiger partial charge in [0.1, 0.15) is 5.75 Å². The summed E-state index contributed by atoms with van der Waals surface area (Å²) in [6, 6.07) is 5.56. The van der Waals surface area contributed by atoms with Crippen LogP contribution in [0.25, 0.3) is 0 Å². The highest BCUT2D eigenvalue weighted by molar-refractivity contribution is 6.48. The number of hydrogen-bond donors (Lipinski definition) is 2. The molecule has 111 valence electrons. The van der Waals surface area contributed by atoms with E-state index in [9.17, 15) is 10.2 Å². The molecule has 2 N–H and O–H groups in total. The van der Waals surface area contributed by atoms with E-state index in [1.165, 1.54) is 7.48 Å². The summed E-state index contributed by atoms with van der Waals surface area (Å²) in [6.07, 6.45) is 0. The number of benzene rings is 1. The molecule has 1 radical (unpaired) electrons. The maximum absolute atomic E-state index is 10.1. The Morgan fingerprint density at radius 1 is 1.00 bits per heavy atom. The molecule has 20 heavy (non-hydrogen) atoms. The minimum absolute atomic E-state index is 0.0107. The molecular weight excluding hydrogens is 251 g/mol. The van der Waals surface area contributed by atoms with Crippen LogP contribution in [0.2, 0.25) is 0 Å². The SMILES string of the molecule is CC(C)(C)c1ccc([B]OC(C)(C)C(C)(C)O)c(O)c1. The van der Waals surface area contributed by atoms with Crippen molar-refractivity contribution in [3.05, 3.63) is 23.8 Å². The van der Waals surface area contributed by atoms with E-state index in [-0.39, 0.29) is 11.2 Å². The number of rotatable bonds is 4. The van der Waals surface area contributed by atoms with Crippen molar-refractivity contribution >= 4 is 12.9 Å². The lowest BCUT2D eigenvalue weighted by Gasteiger charge is -2.37. The van der Waals surface area contributed by atoms with Gasteiger partial charge in [-0.25, -0.2) is 0 Å². The summed E-state index contributed by atoms with van der Waals surface area (Å²) in [5.74, 6) is 0.184. The van der Waals surface area contributed by atoms with E-state index in [0.29, 0.717) is 5.46 Å². The highest BCUT2D eigenvalue weighted by Gasteiger charge is 2.36. The summed E-state index contributed by atoms with van der Waals surface area (Å²) >= 11 is 0. The van der Waals surface area contributed by atoms with Crippen molar-refractivity contribution in [2.24, 2.45) is 0 Å². The zero-order valence-corrected chi connectivity index (χ0v) is 13.6. The number of aromatic hydroxyl groups is 1. The molecule has 0 aliphatic heterocycles. The van der Waals surface area contributed by atoms with E-state index in [1.54, 1.807) is 19.9 Å². The molecule has 0 spiro atoms. The third kappa shape index (κ3) is 4.00. The first-order valence-electron chi connectivity index (χ1n) is 6.91. The Hall–Kier alpha value is -0.995. The zero-order chi connectivity index (χ0) is 15.8. The van der Waals surface area contributed by atoms with Gasteiger partial charge in [-0.05, 0) is 50.2 Å². The molecule has 0 fully saturated rings. The van der Waals surface area contributed by atoms with Crippen molar-refractivity contribution in [2.45, 2.75) is 65.1 Å². The largest absolute Gasteiger partial charge is 0.508 e. The molecule has 1 aromatic rings. The van der Waals surface area contributed by atoms with E-state index in [2.05, 4.69) is 20.8 Å². The molecule has 0 atom stereocenters. The van der Waals surface area contributed by atoms with Crippen molar-refractivity contribution in [1.82, 2.24) is 0 Å². The van der Waals surface area contributed by atoms with Crippen molar-refractivity contribution in [1.29, 1.82) is 0 Å². The fourth-order valence-corrected chi connectivity index (χ4v) is 1.46. The van der Waals surface area contributed by atoms with Crippen LogP contribution < -0.4 is 5.46 Å².